The van der Waals surface area contributed by atoms with Crippen LogP contribution in [0, 0.1) is 104 Å². The number of fused-ring (bicyclic) bond motifs is 6. The average Bonchev–Trinajstić information content (AvgIpc) is 0.772. The predicted octanol–water partition coefficient (Wildman–Crippen LogP) is 19.4. The first-order valence-electron chi connectivity index (χ1n) is 42.3. The summed E-state index contributed by atoms with van der Waals surface area (Å²) in [6.45, 7) is 106. The summed E-state index contributed by atoms with van der Waals surface area (Å²) in [5.41, 5.74) is -1.20. The van der Waals surface area contributed by atoms with Crippen molar-refractivity contribution in [3.05, 3.63) is 209 Å². The normalized spacial score (nSPS) is 27.7. The van der Waals surface area contributed by atoms with Gasteiger partial charge in [0, 0.05) is 144 Å². The minimum absolute atomic E-state index is 0. The Morgan fingerprint density at radius 1 is 0.299 bits per heavy atom. The third kappa shape index (κ3) is 22.4. The highest BCUT2D eigenvalue weighted by Crippen LogP contribution is 2.56. The Hall–Kier alpha value is -10.6. The van der Waals surface area contributed by atoms with Crippen LogP contribution in [0.5, 0.6) is 0 Å². The van der Waals surface area contributed by atoms with Gasteiger partial charge in [0.2, 0.25) is 34.2 Å². The molecule has 0 aromatic heterocycles. The second kappa shape index (κ2) is 37.2. The molecule has 0 spiro atoms. The SMILES string of the molecule is Cl.Cl.[C-]#[N+]C1=CC2(C)CN(C(=O)OC(C)(C)C)CC=C2C(C)(C)C1=O.[C-]#[N+]C1=C[C@@]2(C)CN(C(=O)OC(C)(C)C)CC=C2C(C)(C)C1=O.[C-]#[N+]C1=C[C@]2(C)CN(C(=O)OC(C)(C)C)CC=C2C(C)(C)C1=O.[C-]#[N+]C1=C[C@]2(C)CN(C(=O)OC(C)(C)C)CC=C2C(C)(C)C1=O.[C-]#[N+]C1=C[C@]2(C)CN(C)CC=C2C(C)(C)C1=O.[C-]#[N+]C1=C[C@]2(C)CNCC=C2C(C)(C)C1=O. The van der Waals surface area contributed by atoms with E-state index in [-0.39, 0.29) is 123 Å². The fraction of sp³-hybridized carbons (Fsp3) is 0.596. The molecule has 6 aliphatic carbocycles. The van der Waals surface area contributed by atoms with Gasteiger partial charge >= 0.3 is 24.4 Å². The largest absolute Gasteiger partial charge is 0.444 e. The number of carbonyl (C=O) groups is 10. The van der Waals surface area contributed by atoms with E-state index in [0.29, 0.717) is 58.1 Å². The summed E-state index contributed by atoms with van der Waals surface area (Å²) in [5.74, 6) is -0.693. The maximum absolute atomic E-state index is 12.5. The Morgan fingerprint density at radius 2 is 0.472 bits per heavy atom. The van der Waals surface area contributed by atoms with Crippen LogP contribution in [0.25, 0.3) is 29.1 Å². The molecule has 0 aromatic rings. The number of ketones is 6. The van der Waals surface area contributed by atoms with Gasteiger partial charge in [-0.1, -0.05) is 231 Å². The van der Waals surface area contributed by atoms with Crippen LogP contribution in [-0.4, -0.2) is 192 Å². The van der Waals surface area contributed by atoms with Gasteiger partial charge in [-0.15, -0.1) is 24.8 Å². The second-order valence-electron chi connectivity index (χ2n) is 43.1. The number of hydrogen-bond acceptors (Lipinski definition) is 16. The summed E-state index contributed by atoms with van der Waals surface area (Å²) < 4.78 is 21.8. The zero-order valence-electron chi connectivity index (χ0n) is 80.4. The van der Waals surface area contributed by atoms with Gasteiger partial charge in [0.05, 0.1) is 39.4 Å². The Labute approximate surface area is 766 Å². The summed E-state index contributed by atoms with van der Waals surface area (Å²) in [5, 5.41) is 3.29. The zero-order valence-corrected chi connectivity index (χ0v) is 82.0. The first-order valence-corrected chi connectivity index (χ1v) is 42.3. The van der Waals surface area contributed by atoms with Crippen LogP contribution in [0.4, 0.5) is 19.2 Å². The molecule has 0 bridgehead atoms. The number of nitrogens with one attached hydrogen (secondary N) is 1. The van der Waals surface area contributed by atoms with Crippen LogP contribution >= 0.6 is 24.8 Å². The number of Topliss-reactive ketones (excluding diaryl/α,β-unsaturated/α-hetero) is 6. The Kier molecular flexibility index (Phi) is 31.4. The van der Waals surface area contributed by atoms with Gasteiger partial charge in [0.1, 0.15) is 22.4 Å². The van der Waals surface area contributed by atoms with Crippen molar-refractivity contribution in [2.24, 2.45) is 65.0 Å². The van der Waals surface area contributed by atoms with Crippen molar-refractivity contribution in [2.75, 3.05) is 85.6 Å². The summed E-state index contributed by atoms with van der Waals surface area (Å²) in [4.78, 5) is 153. The van der Waals surface area contributed by atoms with E-state index in [0.717, 1.165) is 54.0 Å². The molecular weight excluding hydrogens is 1650 g/mol. The van der Waals surface area contributed by atoms with E-state index < -0.39 is 76.6 Å². The molecule has 6 heterocycles. The van der Waals surface area contributed by atoms with Gasteiger partial charge in [0.15, 0.2) is 34.7 Å². The molecule has 12 aliphatic rings. The highest BCUT2D eigenvalue weighted by atomic mass is 35.5. The first kappa shape index (κ1) is 107. The first-order chi connectivity index (χ1) is 56.8. The Bertz CT molecular complexity index is 4760. The molecule has 28 heteroatoms. The maximum atomic E-state index is 12.5. The predicted molar refractivity (Wildman–Crippen MR) is 494 cm³/mol. The number of amides is 4. The number of rotatable bonds is 0. The van der Waals surface area contributed by atoms with Crippen molar-refractivity contribution in [1.82, 2.24) is 29.8 Å². The fourth-order valence-corrected chi connectivity index (χ4v) is 19.7. The van der Waals surface area contributed by atoms with Crippen LogP contribution in [-0.2, 0) is 47.7 Å². The Morgan fingerprint density at radius 3 is 0.661 bits per heavy atom. The lowest BCUT2D eigenvalue weighted by Crippen LogP contribution is -2.51. The van der Waals surface area contributed by atoms with Crippen molar-refractivity contribution in [1.29, 1.82) is 0 Å². The van der Waals surface area contributed by atoms with E-state index in [1.54, 1.807) is 43.9 Å². The monoisotopic (exact) mass is 1780 g/mol. The zero-order chi connectivity index (χ0) is 95.3. The molecule has 127 heavy (non-hydrogen) atoms. The second-order valence-corrected chi connectivity index (χ2v) is 43.1. The number of ether oxygens (including phenoxy) is 4. The smallest absolute Gasteiger partial charge is 0.410 e. The van der Waals surface area contributed by atoms with Crippen LogP contribution in [0.2, 0.25) is 0 Å². The van der Waals surface area contributed by atoms with Crippen LogP contribution in [0.1, 0.15) is 208 Å². The minimum Gasteiger partial charge on any atom is -0.444 e. The molecule has 0 radical (unpaired) electrons. The number of likely N-dealkylation sites (N-methyl/N-ethyl adjacent to an activating group) is 1. The number of halogens is 2. The number of allylic oxidation sites excluding steroid dienone is 6. The van der Waals surface area contributed by atoms with Crippen molar-refractivity contribution < 1.29 is 66.9 Å². The molecule has 0 saturated heterocycles. The summed E-state index contributed by atoms with van der Waals surface area (Å²) in [7, 11) is 2.06. The summed E-state index contributed by atoms with van der Waals surface area (Å²) in [6, 6.07) is 0. The van der Waals surface area contributed by atoms with Crippen molar-refractivity contribution in [3.8, 4) is 0 Å². The average molecular weight is 1790 g/mol. The molecule has 0 saturated carbocycles. The topological polar surface area (TPSA) is 262 Å². The van der Waals surface area contributed by atoms with Gasteiger partial charge in [-0.25, -0.2) is 48.2 Å². The standard InChI is InChI=1S/4C18H24N2O3.C14H18N2O.C13H16N2O.2ClH/c4*1-16(2,3)23-15(22)20-9-8-13-17(4,5)14(21)12(19-7)10-18(13,6)11-20;1-13(2)11-6-7-16(5)9-14(11,3)8-10(15-4)12(13)17;1-12(2)10-5-6-15-8-13(10,3)7-9(14-4)11(12)16;;/h4*8,10H,9,11H2,1-6H3;6,8H,7,9H2,1-3,5H3;5,7,15H,6,8H2,1-3H3;2*1H/t3*18-;;14-;13-;;/m110.11../s1. The molecule has 6 atom stereocenters. The fourth-order valence-electron chi connectivity index (χ4n) is 19.7. The van der Waals surface area contributed by atoms with E-state index >= 15 is 0 Å². The van der Waals surface area contributed by atoms with E-state index in [1.807, 2.05) is 230 Å². The number of hydrogen-bond donors (Lipinski definition) is 1. The third-order valence-corrected chi connectivity index (χ3v) is 24.9. The minimum atomic E-state index is -0.719. The molecule has 686 valence electrons. The maximum Gasteiger partial charge on any atom is 0.410 e. The van der Waals surface area contributed by atoms with Gasteiger partial charge in [-0.05, 0) is 90.1 Å². The highest BCUT2D eigenvalue weighted by molar-refractivity contribution is 6.08. The van der Waals surface area contributed by atoms with E-state index in [4.69, 9.17) is 58.4 Å². The molecule has 4 amide bonds. The lowest BCUT2D eigenvalue weighted by atomic mass is 9.61. The van der Waals surface area contributed by atoms with Crippen molar-refractivity contribution in [2.45, 2.75) is 230 Å². The third-order valence-electron chi connectivity index (χ3n) is 24.9. The molecule has 1 N–H and O–H groups in total. The lowest BCUT2D eigenvalue weighted by Gasteiger charge is -2.47. The van der Waals surface area contributed by atoms with E-state index in [1.165, 1.54) is 5.57 Å². The molecule has 0 aromatic carbocycles. The van der Waals surface area contributed by atoms with Crippen molar-refractivity contribution in [3.63, 3.8) is 0 Å². The van der Waals surface area contributed by atoms with E-state index in [2.05, 4.69) is 72.3 Å². The number of carbonyl (C=O) groups excluding carboxylic acids is 10. The quantitative estimate of drug-likeness (QED) is 0.134. The molecule has 26 nitrogen and oxygen atoms in total. The molecule has 1 unspecified atom stereocenters. The lowest BCUT2D eigenvalue weighted by molar-refractivity contribution is -0.123. The number of nitrogens with zero attached hydrogens (tertiary/aromatic N) is 11. The molecular formula is C99H132Cl2N12O14. The van der Waals surface area contributed by atoms with Crippen LogP contribution in [0.15, 0.2) is 141 Å². The molecule has 0 fully saturated rings. The summed E-state index contributed by atoms with van der Waals surface area (Å²) >= 11 is 0. The summed E-state index contributed by atoms with van der Waals surface area (Å²) in [6.07, 6.45) is 21.0. The van der Waals surface area contributed by atoms with Crippen molar-refractivity contribution >= 4 is 83.9 Å². The Balaban J connectivity index is 0.000000271. The van der Waals surface area contributed by atoms with E-state index in [9.17, 15) is 47.9 Å². The van der Waals surface area contributed by atoms with Crippen LogP contribution < -0.4 is 5.32 Å². The molecule has 6 aliphatic heterocycles. The van der Waals surface area contributed by atoms with Gasteiger partial charge in [-0.3, -0.25) is 0 Å². The van der Waals surface area contributed by atoms with Crippen LogP contribution in [0.3, 0.4) is 0 Å². The highest BCUT2D eigenvalue weighted by Gasteiger charge is 2.56. The molecule has 12 rings (SSSR count). The van der Waals surface area contributed by atoms with Gasteiger partial charge in [0.25, 0.3) is 0 Å². The van der Waals surface area contributed by atoms with Gasteiger partial charge < -0.3 is 77.5 Å². The van der Waals surface area contributed by atoms with Gasteiger partial charge in [-0.2, -0.15) is 0 Å².